The molecule has 4 rings (SSSR count). The molecule has 0 unspecified atom stereocenters. The Morgan fingerprint density at radius 1 is 0.900 bits per heavy atom. The molecule has 1 heterocycles. The van der Waals surface area contributed by atoms with Gasteiger partial charge in [0, 0.05) is 6.07 Å². The SMILES string of the molecule is COc1ccc(Cn2nccc2NC(=O)C(c2ccccc2)c2ccccc2)cc1. The minimum atomic E-state index is -0.406. The molecule has 0 aliphatic rings. The van der Waals surface area contributed by atoms with Crippen LogP contribution in [0.3, 0.4) is 0 Å². The van der Waals surface area contributed by atoms with Crippen LogP contribution < -0.4 is 10.1 Å². The lowest BCUT2D eigenvalue weighted by Crippen LogP contribution is -2.24. The largest absolute Gasteiger partial charge is 0.497 e. The molecule has 5 nitrogen and oxygen atoms in total. The molecular formula is C25H23N3O2. The van der Waals surface area contributed by atoms with Crippen molar-refractivity contribution >= 4 is 11.7 Å². The second-order valence-corrected chi connectivity index (χ2v) is 6.97. The predicted molar refractivity (Wildman–Crippen MR) is 118 cm³/mol. The Morgan fingerprint density at radius 3 is 2.07 bits per heavy atom. The van der Waals surface area contributed by atoms with E-state index in [2.05, 4.69) is 10.4 Å². The summed E-state index contributed by atoms with van der Waals surface area (Å²) < 4.78 is 7.00. The van der Waals surface area contributed by atoms with E-state index >= 15 is 0 Å². The second kappa shape index (κ2) is 9.09. The summed E-state index contributed by atoms with van der Waals surface area (Å²) in [5.41, 5.74) is 2.96. The number of carbonyl (C=O) groups is 1. The van der Waals surface area contributed by atoms with Gasteiger partial charge in [0.15, 0.2) is 0 Å². The quantitative estimate of drug-likeness (QED) is 0.491. The van der Waals surface area contributed by atoms with Gasteiger partial charge in [0.2, 0.25) is 5.91 Å². The lowest BCUT2D eigenvalue weighted by atomic mass is 9.90. The fraction of sp³-hybridized carbons (Fsp3) is 0.120. The zero-order chi connectivity index (χ0) is 20.8. The third kappa shape index (κ3) is 4.41. The highest BCUT2D eigenvalue weighted by Crippen LogP contribution is 2.26. The highest BCUT2D eigenvalue weighted by atomic mass is 16.5. The Labute approximate surface area is 175 Å². The van der Waals surface area contributed by atoms with E-state index < -0.39 is 5.92 Å². The van der Waals surface area contributed by atoms with E-state index in [0.29, 0.717) is 12.4 Å². The highest BCUT2D eigenvalue weighted by Gasteiger charge is 2.23. The van der Waals surface area contributed by atoms with Crippen LogP contribution in [0.5, 0.6) is 5.75 Å². The third-order valence-electron chi connectivity index (χ3n) is 4.99. The molecule has 1 amide bonds. The van der Waals surface area contributed by atoms with Gasteiger partial charge in [-0.15, -0.1) is 0 Å². The van der Waals surface area contributed by atoms with Crippen LogP contribution in [0.25, 0.3) is 0 Å². The number of aromatic nitrogens is 2. The van der Waals surface area contributed by atoms with Gasteiger partial charge in [-0.3, -0.25) is 4.79 Å². The van der Waals surface area contributed by atoms with E-state index in [1.54, 1.807) is 18.0 Å². The fourth-order valence-corrected chi connectivity index (χ4v) is 3.45. The number of amides is 1. The van der Waals surface area contributed by atoms with E-state index in [1.807, 2.05) is 91.0 Å². The topological polar surface area (TPSA) is 56.1 Å². The zero-order valence-electron chi connectivity index (χ0n) is 16.7. The van der Waals surface area contributed by atoms with Crippen LogP contribution in [0.1, 0.15) is 22.6 Å². The molecule has 150 valence electrons. The summed E-state index contributed by atoms with van der Waals surface area (Å²) in [5.74, 6) is 0.967. The summed E-state index contributed by atoms with van der Waals surface area (Å²) in [5, 5.41) is 7.45. The first-order chi connectivity index (χ1) is 14.7. The van der Waals surface area contributed by atoms with Gasteiger partial charge in [-0.25, -0.2) is 4.68 Å². The number of benzene rings is 3. The number of nitrogens with zero attached hydrogens (tertiary/aromatic N) is 2. The van der Waals surface area contributed by atoms with Crippen LogP contribution >= 0.6 is 0 Å². The molecule has 1 N–H and O–H groups in total. The van der Waals surface area contributed by atoms with E-state index in [0.717, 1.165) is 22.4 Å². The number of hydrogen-bond acceptors (Lipinski definition) is 3. The number of ether oxygens (including phenoxy) is 1. The van der Waals surface area contributed by atoms with Gasteiger partial charge in [-0.1, -0.05) is 72.8 Å². The molecule has 0 spiro atoms. The van der Waals surface area contributed by atoms with Crippen molar-refractivity contribution in [2.45, 2.75) is 12.5 Å². The minimum absolute atomic E-state index is 0.0936. The number of methoxy groups -OCH3 is 1. The molecule has 1 aromatic heterocycles. The van der Waals surface area contributed by atoms with Crippen molar-refractivity contribution in [2.24, 2.45) is 0 Å². The van der Waals surface area contributed by atoms with Crippen molar-refractivity contribution < 1.29 is 9.53 Å². The maximum Gasteiger partial charge on any atom is 0.237 e. The highest BCUT2D eigenvalue weighted by molar-refractivity contribution is 5.97. The van der Waals surface area contributed by atoms with Gasteiger partial charge in [0.05, 0.1) is 25.8 Å². The van der Waals surface area contributed by atoms with Gasteiger partial charge in [-0.2, -0.15) is 5.10 Å². The first kappa shape index (κ1) is 19.5. The van der Waals surface area contributed by atoms with Crippen molar-refractivity contribution in [3.63, 3.8) is 0 Å². The average molecular weight is 397 g/mol. The third-order valence-corrected chi connectivity index (χ3v) is 4.99. The molecule has 0 bridgehead atoms. The van der Waals surface area contributed by atoms with Crippen LogP contribution in [-0.2, 0) is 11.3 Å². The first-order valence-corrected chi connectivity index (χ1v) is 9.80. The summed E-state index contributed by atoms with van der Waals surface area (Å²) >= 11 is 0. The number of rotatable bonds is 7. The molecule has 0 aliphatic carbocycles. The first-order valence-electron chi connectivity index (χ1n) is 9.80. The number of nitrogens with one attached hydrogen (secondary N) is 1. The summed E-state index contributed by atoms with van der Waals surface area (Å²) in [7, 11) is 1.64. The molecule has 0 fully saturated rings. The Bertz CT molecular complexity index is 1050. The average Bonchev–Trinajstić information content (AvgIpc) is 3.22. The maximum absolute atomic E-state index is 13.3. The van der Waals surface area contributed by atoms with Crippen LogP contribution in [-0.4, -0.2) is 22.8 Å². The summed E-state index contributed by atoms with van der Waals surface area (Å²) in [4.78, 5) is 13.3. The second-order valence-electron chi connectivity index (χ2n) is 6.97. The van der Waals surface area contributed by atoms with Crippen molar-refractivity contribution in [3.8, 4) is 5.75 Å². The molecule has 0 saturated carbocycles. The standard InChI is InChI=1S/C25H23N3O2/c1-30-22-14-12-19(13-15-22)18-28-23(16-17-26-28)27-25(29)24(20-8-4-2-5-9-20)21-10-6-3-7-11-21/h2-17,24H,18H2,1H3,(H,27,29). The van der Waals surface area contributed by atoms with Crippen LogP contribution in [0.15, 0.2) is 97.2 Å². The Morgan fingerprint density at radius 2 is 1.50 bits per heavy atom. The van der Waals surface area contributed by atoms with E-state index in [9.17, 15) is 4.79 Å². The van der Waals surface area contributed by atoms with E-state index in [-0.39, 0.29) is 5.91 Å². The van der Waals surface area contributed by atoms with E-state index in [4.69, 9.17) is 4.74 Å². The monoisotopic (exact) mass is 397 g/mol. The Kier molecular flexibility index (Phi) is 5.90. The van der Waals surface area contributed by atoms with Crippen molar-refractivity contribution in [3.05, 3.63) is 114 Å². The number of carbonyl (C=O) groups excluding carboxylic acids is 1. The lowest BCUT2D eigenvalue weighted by molar-refractivity contribution is -0.116. The predicted octanol–water partition coefficient (Wildman–Crippen LogP) is 4.71. The zero-order valence-corrected chi connectivity index (χ0v) is 16.7. The van der Waals surface area contributed by atoms with Crippen LogP contribution in [0, 0.1) is 0 Å². The van der Waals surface area contributed by atoms with Crippen LogP contribution in [0.4, 0.5) is 5.82 Å². The molecule has 3 aromatic carbocycles. The van der Waals surface area contributed by atoms with Gasteiger partial charge in [-0.05, 0) is 28.8 Å². The Balaban J connectivity index is 1.57. The van der Waals surface area contributed by atoms with Gasteiger partial charge in [0.1, 0.15) is 11.6 Å². The molecule has 0 atom stereocenters. The van der Waals surface area contributed by atoms with Crippen molar-refractivity contribution in [1.29, 1.82) is 0 Å². The molecule has 0 saturated heterocycles. The van der Waals surface area contributed by atoms with E-state index in [1.165, 1.54) is 0 Å². The number of hydrogen-bond donors (Lipinski definition) is 1. The smallest absolute Gasteiger partial charge is 0.237 e. The fourth-order valence-electron chi connectivity index (χ4n) is 3.45. The molecule has 0 radical (unpaired) electrons. The molecule has 4 aromatic rings. The van der Waals surface area contributed by atoms with Crippen LogP contribution in [0.2, 0.25) is 0 Å². The van der Waals surface area contributed by atoms with Crippen molar-refractivity contribution in [2.75, 3.05) is 12.4 Å². The van der Waals surface area contributed by atoms with Crippen molar-refractivity contribution in [1.82, 2.24) is 9.78 Å². The summed E-state index contributed by atoms with van der Waals surface area (Å²) in [6, 6.07) is 29.2. The maximum atomic E-state index is 13.3. The molecule has 0 aliphatic heterocycles. The van der Waals surface area contributed by atoms with Gasteiger partial charge in [0.25, 0.3) is 0 Å². The van der Waals surface area contributed by atoms with Gasteiger partial charge >= 0.3 is 0 Å². The summed E-state index contributed by atoms with van der Waals surface area (Å²) in [6.45, 7) is 0.550. The summed E-state index contributed by atoms with van der Waals surface area (Å²) in [6.07, 6.45) is 1.69. The Hall–Kier alpha value is -3.86. The minimum Gasteiger partial charge on any atom is -0.497 e. The number of anilines is 1. The molecule has 5 heteroatoms. The molecule has 30 heavy (non-hydrogen) atoms. The van der Waals surface area contributed by atoms with Gasteiger partial charge < -0.3 is 10.1 Å². The normalized spacial score (nSPS) is 10.7. The lowest BCUT2D eigenvalue weighted by Gasteiger charge is -2.18. The molecular weight excluding hydrogens is 374 g/mol.